The van der Waals surface area contributed by atoms with E-state index in [4.69, 9.17) is 13.9 Å². The lowest BCUT2D eigenvalue weighted by Crippen LogP contribution is -2.56. The van der Waals surface area contributed by atoms with Crippen LogP contribution in [-0.2, 0) is 15.0 Å². The van der Waals surface area contributed by atoms with Crippen molar-refractivity contribution in [2.24, 2.45) is 0 Å². The molecule has 0 unspecified atom stereocenters. The van der Waals surface area contributed by atoms with Crippen LogP contribution in [0.2, 0.25) is 0 Å². The molecule has 0 bridgehead atoms. The van der Waals surface area contributed by atoms with Crippen LogP contribution >= 0.6 is 0 Å². The normalized spacial score (nSPS) is 23.2. The molecule has 1 aromatic rings. The minimum absolute atomic E-state index is 0.443. The van der Waals surface area contributed by atoms with E-state index in [1.165, 1.54) is 0 Å². The van der Waals surface area contributed by atoms with Crippen LogP contribution in [0.5, 0.6) is 0 Å². The third-order valence-electron chi connectivity index (χ3n) is 2.75. The van der Waals surface area contributed by atoms with Crippen molar-refractivity contribution in [1.82, 2.24) is 15.5 Å². The second kappa shape index (κ2) is 3.80. The summed E-state index contributed by atoms with van der Waals surface area (Å²) in [5.41, 5.74) is -0.545. The quantitative estimate of drug-likeness (QED) is 0.796. The SMILES string of the molecule is CNC1(c2nnc(C)o2)COC(C)(C)OC1. The van der Waals surface area contributed by atoms with E-state index in [0.717, 1.165) is 0 Å². The summed E-state index contributed by atoms with van der Waals surface area (Å²) < 4.78 is 16.7. The topological polar surface area (TPSA) is 69.4 Å². The average molecular weight is 227 g/mol. The first-order chi connectivity index (χ1) is 7.47. The Hall–Kier alpha value is -0.980. The fourth-order valence-electron chi connectivity index (χ4n) is 1.54. The molecule has 6 heteroatoms. The van der Waals surface area contributed by atoms with Crippen molar-refractivity contribution in [2.75, 3.05) is 20.3 Å². The van der Waals surface area contributed by atoms with Gasteiger partial charge in [-0.25, -0.2) is 0 Å². The number of nitrogens with zero attached hydrogens (tertiary/aromatic N) is 2. The molecule has 6 nitrogen and oxygen atoms in total. The van der Waals surface area contributed by atoms with Gasteiger partial charge in [0.25, 0.3) is 0 Å². The van der Waals surface area contributed by atoms with Crippen LogP contribution in [0, 0.1) is 6.92 Å². The molecule has 16 heavy (non-hydrogen) atoms. The highest BCUT2D eigenvalue weighted by Crippen LogP contribution is 2.29. The highest BCUT2D eigenvalue weighted by atomic mass is 16.7. The van der Waals surface area contributed by atoms with Gasteiger partial charge in [0.2, 0.25) is 11.8 Å². The number of ether oxygens (including phenoxy) is 2. The number of rotatable bonds is 2. The number of hydrogen-bond acceptors (Lipinski definition) is 6. The summed E-state index contributed by atoms with van der Waals surface area (Å²) in [5.74, 6) is 0.479. The lowest BCUT2D eigenvalue weighted by Gasteiger charge is -2.41. The van der Waals surface area contributed by atoms with Gasteiger partial charge in [-0.15, -0.1) is 10.2 Å². The summed E-state index contributed by atoms with van der Waals surface area (Å²) in [7, 11) is 1.82. The zero-order valence-electron chi connectivity index (χ0n) is 10.0. The molecule has 0 atom stereocenters. The summed E-state index contributed by atoms with van der Waals surface area (Å²) in [6.45, 7) is 6.40. The van der Waals surface area contributed by atoms with E-state index in [0.29, 0.717) is 25.0 Å². The molecule has 1 N–H and O–H groups in total. The molecular weight excluding hydrogens is 210 g/mol. The maximum absolute atomic E-state index is 5.62. The lowest BCUT2D eigenvalue weighted by atomic mass is 10.0. The second-order valence-electron chi connectivity index (χ2n) is 4.44. The Morgan fingerprint density at radius 2 is 1.81 bits per heavy atom. The first-order valence-electron chi connectivity index (χ1n) is 5.25. The van der Waals surface area contributed by atoms with Gasteiger partial charge in [-0.05, 0) is 20.9 Å². The van der Waals surface area contributed by atoms with Crippen molar-refractivity contribution in [2.45, 2.75) is 32.1 Å². The minimum Gasteiger partial charge on any atom is -0.423 e. The molecule has 0 saturated carbocycles. The first-order valence-corrected chi connectivity index (χ1v) is 5.25. The first kappa shape index (κ1) is 11.5. The van der Waals surface area contributed by atoms with Crippen molar-refractivity contribution in [3.8, 4) is 0 Å². The van der Waals surface area contributed by atoms with E-state index < -0.39 is 11.3 Å². The lowest BCUT2D eigenvalue weighted by molar-refractivity contribution is -0.275. The molecule has 1 fully saturated rings. The number of nitrogens with one attached hydrogen (secondary N) is 1. The van der Waals surface area contributed by atoms with Gasteiger partial charge in [0.1, 0.15) is 5.54 Å². The van der Waals surface area contributed by atoms with Gasteiger partial charge in [0.05, 0.1) is 13.2 Å². The van der Waals surface area contributed by atoms with Gasteiger partial charge < -0.3 is 19.2 Å². The van der Waals surface area contributed by atoms with E-state index in [9.17, 15) is 0 Å². The Morgan fingerprint density at radius 3 is 2.25 bits per heavy atom. The number of aryl methyl sites for hydroxylation is 1. The summed E-state index contributed by atoms with van der Waals surface area (Å²) in [5, 5.41) is 11.0. The molecule has 1 aliphatic rings. The molecule has 2 rings (SSSR count). The number of aromatic nitrogens is 2. The second-order valence-corrected chi connectivity index (χ2v) is 4.44. The molecule has 0 radical (unpaired) electrons. The zero-order valence-corrected chi connectivity index (χ0v) is 10.0. The molecule has 1 saturated heterocycles. The fraction of sp³-hybridized carbons (Fsp3) is 0.800. The summed E-state index contributed by atoms with van der Waals surface area (Å²) in [6, 6.07) is 0. The van der Waals surface area contributed by atoms with Crippen LogP contribution in [-0.4, -0.2) is 36.2 Å². The Balaban J connectivity index is 2.22. The Morgan fingerprint density at radius 1 is 1.19 bits per heavy atom. The molecule has 0 amide bonds. The smallest absolute Gasteiger partial charge is 0.241 e. The number of hydrogen-bond donors (Lipinski definition) is 1. The molecule has 1 aliphatic heterocycles. The molecule has 0 aliphatic carbocycles. The molecule has 90 valence electrons. The van der Waals surface area contributed by atoms with Crippen molar-refractivity contribution >= 4 is 0 Å². The van der Waals surface area contributed by atoms with Crippen molar-refractivity contribution in [3.05, 3.63) is 11.8 Å². The van der Waals surface area contributed by atoms with Gasteiger partial charge in [-0.1, -0.05) is 0 Å². The Bertz CT molecular complexity index is 365. The molecule has 0 aromatic carbocycles. The summed E-state index contributed by atoms with van der Waals surface area (Å²) in [4.78, 5) is 0. The predicted octanol–water partition coefficient (Wildman–Crippen LogP) is 0.576. The third kappa shape index (κ3) is 1.95. The van der Waals surface area contributed by atoms with E-state index in [2.05, 4.69) is 15.5 Å². The van der Waals surface area contributed by atoms with Crippen LogP contribution in [0.15, 0.2) is 4.42 Å². The summed E-state index contributed by atoms with van der Waals surface area (Å²) in [6.07, 6.45) is 0. The highest BCUT2D eigenvalue weighted by molar-refractivity contribution is 5.04. The van der Waals surface area contributed by atoms with E-state index in [1.807, 2.05) is 20.9 Å². The van der Waals surface area contributed by atoms with Crippen LogP contribution < -0.4 is 5.32 Å². The van der Waals surface area contributed by atoms with E-state index in [-0.39, 0.29) is 0 Å². The van der Waals surface area contributed by atoms with Gasteiger partial charge in [0.15, 0.2) is 5.79 Å². The van der Waals surface area contributed by atoms with E-state index >= 15 is 0 Å². The van der Waals surface area contributed by atoms with Crippen LogP contribution in [0.25, 0.3) is 0 Å². The maximum Gasteiger partial charge on any atom is 0.241 e. The van der Waals surface area contributed by atoms with Crippen LogP contribution in [0.3, 0.4) is 0 Å². The Kier molecular flexibility index (Phi) is 2.73. The van der Waals surface area contributed by atoms with Gasteiger partial charge in [-0.2, -0.15) is 0 Å². The number of likely N-dealkylation sites (N-methyl/N-ethyl adjacent to an activating group) is 1. The van der Waals surface area contributed by atoms with Gasteiger partial charge in [0, 0.05) is 6.92 Å². The van der Waals surface area contributed by atoms with Crippen molar-refractivity contribution in [3.63, 3.8) is 0 Å². The van der Waals surface area contributed by atoms with E-state index in [1.54, 1.807) is 6.92 Å². The van der Waals surface area contributed by atoms with Crippen molar-refractivity contribution in [1.29, 1.82) is 0 Å². The molecule has 2 heterocycles. The van der Waals surface area contributed by atoms with Gasteiger partial charge >= 0.3 is 0 Å². The Labute approximate surface area is 94.3 Å². The largest absolute Gasteiger partial charge is 0.423 e. The maximum atomic E-state index is 5.62. The average Bonchev–Trinajstić information content (AvgIpc) is 2.66. The fourth-order valence-corrected chi connectivity index (χ4v) is 1.54. The predicted molar refractivity (Wildman–Crippen MR) is 55.8 cm³/mol. The van der Waals surface area contributed by atoms with Gasteiger partial charge in [-0.3, -0.25) is 0 Å². The van der Waals surface area contributed by atoms with Crippen LogP contribution in [0.1, 0.15) is 25.6 Å². The monoisotopic (exact) mass is 227 g/mol. The molecular formula is C10H17N3O3. The zero-order chi connectivity index (χ0) is 11.8. The highest BCUT2D eigenvalue weighted by Gasteiger charge is 2.44. The van der Waals surface area contributed by atoms with Crippen LogP contribution in [0.4, 0.5) is 0 Å². The van der Waals surface area contributed by atoms with Crippen molar-refractivity contribution < 1.29 is 13.9 Å². The third-order valence-corrected chi connectivity index (χ3v) is 2.75. The molecule has 0 spiro atoms. The minimum atomic E-state index is -0.560. The summed E-state index contributed by atoms with van der Waals surface area (Å²) >= 11 is 0. The standard InChI is InChI=1S/C10H17N3O3/c1-7-12-13-8(16-7)10(11-4)5-14-9(2,3)15-6-10/h11H,5-6H2,1-4H3. The molecule has 1 aromatic heterocycles.